The lowest BCUT2D eigenvalue weighted by atomic mass is 9.86. The molecule has 17 heavy (non-hydrogen) atoms. The minimum absolute atomic E-state index is 0.702. The molecule has 0 aliphatic carbocycles. The fraction of sp³-hybridized carbons (Fsp3) is 0.625. The quantitative estimate of drug-likeness (QED) is 0.720. The molecule has 2 rings (SSSR count). The monoisotopic (exact) mass is 232 g/mol. The maximum absolute atomic E-state index is 5.76. The first kappa shape index (κ1) is 12.5. The summed E-state index contributed by atoms with van der Waals surface area (Å²) in [5, 5.41) is 0. The third-order valence-corrected chi connectivity index (χ3v) is 4.15. The van der Waals surface area contributed by atoms with Crippen LogP contribution in [-0.2, 0) is 0 Å². The van der Waals surface area contributed by atoms with Crippen LogP contribution in [0.3, 0.4) is 0 Å². The molecule has 1 nitrogen and oxygen atoms in total. The SMILES string of the molecule is CCC(CC)c1ccc2c(c1)C(CC)CCO2. The molecule has 1 atom stereocenters. The molecule has 0 N–H and O–H groups in total. The third kappa shape index (κ3) is 2.48. The summed E-state index contributed by atoms with van der Waals surface area (Å²) in [6.07, 6.45) is 4.86. The van der Waals surface area contributed by atoms with Crippen LogP contribution in [0.15, 0.2) is 18.2 Å². The molecule has 0 radical (unpaired) electrons. The van der Waals surface area contributed by atoms with Crippen molar-refractivity contribution in [1.82, 2.24) is 0 Å². The van der Waals surface area contributed by atoms with E-state index in [9.17, 15) is 0 Å². The van der Waals surface area contributed by atoms with Crippen molar-refractivity contribution in [2.24, 2.45) is 0 Å². The van der Waals surface area contributed by atoms with Crippen LogP contribution in [0.5, 0.6) is 5.75 Å². The topological polar surface area (TPSA) is 9.23 Å². The van der Waals surface area contributed by atoms with E-state index in [0.717, 1.165) is 12.4 Å². The Morgan fingerprint density at radius 1 is 1.24 bits per heavy atom. The summed E-state index contributed by atoms with van der Waals surface area (Å²) in [4.78, 5) is 0. The summed E-state index contributed by atoms with van der Waals surface area (Å²) in [6.45, 7) is 7.72. The van der Waals surface area contributed by atoms with Gasteiger partial charge in [0.1, 0.15) is 5.75 Å². The highest BCUT2D eigenvalue weighted by Gasteiger charge is 2.21. The van der Waals surface area contributed by atoms with Crippen LogP contribution < -0.4 is 4.74 Å². The first-order chi connectivity index (χ1) is 8.30. The van der Waals surface area contributed by atoms with Crippen molar-refractivity contribution < 1.29 is 4.74 Å². The Kier molecular flexibility index (Phi) is 4.09. The average Bonchev–Trinajstić information content (AvgIpc) is 2.39. The van der Waals surface area contributed by atoms with Crippen LogP contribution in [0.4, 0.5) is 0 Å². The molecule has 0 bridgehead atoms. The summed E-state index contributed by atoms with van der Waals surface area (Å²) in [7, 11) is 0. The second-order valence-corrected chi connectivity index (χ2v) is 5.05. The molecule has 0 aromatic heterocycles. The van der Waals surface area contributed by atoms with E-state index >= 15 is 0 Å². The lowest BCUT2D eigenvalue weighted by molar-refractivity contribution is 0.265. The predicted molar refractivity (Wildman–Crippen MR) is 72.9 cm³/mol. The van der Waals surface area contributed by atoms with Crippen LogP contribution in [0.25, 0.3) is 0 Å². The molecule has 1 aliphatic rings. The zero-order chi connectivity index (χ0) is 12.3. The van der Waals surface area contributed by atoms with Gasteiger partial charge >= 0.3 is 0 Å². The molecule has 1 aromatic carbocycles. The lowest BCUT2D eigenvalue weighted by Crippen LogP contribution is -2.14. The van der Waals surface area contributed by atoms with Crippen LogP contribution in [-0.4, -0.2) is 6.61 Å². The largest absolute Gasteiger partial charge is 0.493 e. The number of benzene rings is 1. The molecule has 0 saturated heterocycles. The van der Waals surface area contributed by atoms with E-state index in [2.05, 4.69) is 39.0 Å². The highest BCUT2D eigenvalue weighted by Crippen LogP contribution is 2.38. The molecule has 94 valence electrons. The van der Waals surface area contributed by atoms with Gasteiger partial charge < -0.3 is 4.74 Å². The molecule has 1 aromatic rings. The Hall–Kier alpha value is -0.980. The molecule has 1 unspecified atom stereocenters. The van der Waals surface area contributed by atoms with Crippen LogP contribution >= 0.6 is 0 Å². The lowest BCUT2D eigenvalue weighted by Gasteiger charge is -2.26. The fourth-order valence-corrected chi connectivity index (χ4v) is 2.92. The molecule has 0 saturated carbocycles. The standard InChI is InChI=1S/C16H24O/c1-4-12(5-2)14-7-8-16-15(11-14)13(6-3)9-10-17-16/h7-8,11-13H,4-6,9-10H2,1-3H3. The Labute approximate surface area is 105 Å². The molecule has 1 heterocycles. The highest BCUT2D eigenvalue weighted by atomic mass is 16.5. The molecule has 0 fully saturated rings. The van der Waals surface area contributed by atoms with Crippen molar-refractivity contribution in [2.45, 2.75) is 58.3 Å². The van der Waals surface area contributed by atoms with Crippen molar-refractivity contribution in [3.8, 4) is 5.75 Å². The van der Waals surface area contributed by atoms with Crippen molar-refractivity contribution in [3.05, 3.63) is 29.3 Å². The van der Waals surface area contributed by atoms with E-state index in [-0.39, 0.29) is 0 Å². The zero-order valence-corrected chi connectivity index (χ0v) is 11.3. The van der Waals surface area contributed by atoms with E-state index in [1.165, 1.54) is 36.8 Å². The predicted octanol–water partition coefficient (Wildman–Crippen LogP) is 4.87. The van der Waals surface area contributed by atoms with Gasteiger partial charge in [-0.25, -0.2) is 0 Å². The Bertz CT molecular complexity index is 366. The van der Waals surface area contributed by atoms with E-state index in [1.54, 1.807) is 0 Å². The number of rotatable bonds is 4. The average molecular weight is 232 g/mol. The first-order valence-corrected chi connectivity index (χ1v) is 7.06. The van der Waals surface area contributed by atoms with Crippen molar-refractivity contribution in [2.75, 3.05) is 6.61 Å². The summed E-state index contributed by atoms with van der Waals surface area (Å²) in [5.74, 6) is 2.53. The van der Waals surface area contributed by atoms with Gasteiger partial charge in [0, 0.05) is 0 Å². The number of fused-ring (bicyclic) bond motifs is 1. The van der Waals surface area contributed by atoms with Gasteiger partial charge in [0.25, 0.3) is 0 Å². The van der Waals surface area contributed by atoms with Gasteiger partial charge in [-0.2, -0.15) is 0 Å². The minimum atomic E-state index is 0.702. The maximum atomic E-state index is 5.76. The zero-order valence-electron chi connectivity index (χ0n) is 11.3. The van der Waals surface area contributed by atoms with Crippen molar-refractivity contribution >= 4 is 0 Å². The summed E-state index contributed by atoms with van der Waals surface area (Å²) in [6, 6.07) is 6.85. The fourth-order valence-electron chi connectivity index (χ4n) is 2.92. The molecular formula is C16H24O. The summed E-state index contributed by atoms with van der Waals surface area (Å²) >= 11 is 0. The van der Waals surface area contributed by atoms with Gasteiger partial charge in [-0.3, -0.25) is 0 Å². The number of hydrogen-bond donors (Lipinski definition) is 0. The highest BCUT2D eigenvalue weighted by molar-refractivity contribution is 5.42. The van der Waals surface area contributed by atoms with E-state index in [1.807, 2.05) is 0 Å². The minimum Gasteiger partial charge on any atom is -0.493 e. The van der Waals surface area contributed by atoms with Gasteiger partial charge in [0.15, 0.2) is 0 Å². The van der Waals surface area contributed by atoms with Crippen LogP contribution in [0.2, 0.25) is 0 Å². The molecular weight excluding hydrogens is 208 g/mol. The van der Waals surface area contributed by atoms with Gasteiger partial charge in [-0.1, -0.05) is 32.9 Å². The van der Waals surface area contributed by atoms with E-state index in [4.69, 9.17) is 4.74 Å². The van der Waals surface area contributed by atoms with Crippen LogP contribution in [0.1, 0.15) is 69.4 Å². The van der Waals surface area contributed by atoms with E-state index in [0.29, 0.717) is 11.8 Å². The first-order valence-electron chi connectivity index (χ1n) is 7.06. The molecule has 1 heteroatoms. The second kappa shape index (κ2) is 5.57. The number of hydrogen-bond acceptors (Lipinski definition) is 1. The normalized spacial score (nSPS) is 18.9. The van der Waals surface area contributed by atoms with Crippen LogP contribution in [0, 0.1) is 0 Å². The molecule has 0 amide bonds. The van der Waals surface area contributed by atoms with Gasteiger partial charge in [-0.05, 0) is 54.7 Å². The maximum Gasteiger partial charge on any atom is 0.122 e. The third-order valence-electron chi connectivity index (χ3n) is 4.15. The smallest absolute Gasteiger partial charge is 0.122 e. The Morgan fingerprint density at radius 2 is 2.00 bits per heavy atom. The van der Waals surface area contributed by atoms with Crippen molar-refractivity contribution in [1.29, 1.82) is 0 Å². The second-order valence-electron chi connectivity index (χ2n) is 5.05. The summed E-state index contributed by atoms with van der Waals surface area (Å²) in [5.41, 5.74) is 2.95. The van der Waals surface area contributed by atoms with Gasteiger partial charge in [0.2, 0.25) is 0 Å². The molecule has 1 aliphatic heterocycles. The van der Waals surface area contributed by atoms with E-state index < -0.39 is 0 Å². The van der Waals surface area contributed by atoms with Gasteiger partial charge in [-0.15, -0.1) is 0 Å². The Morgan fingerprint density at radius 3 is 2.65 bits per heavy atom. The van der Waals surface area contributed by atoms with Crippen molar-refractivity contribution in [3.63, 3.8) is 0 Å². The summed E-state index contributed by atoms with van der Waals surface area (Å²) < 4.78 is 5.76. The Balaban J connectivity index is 2.33. The van der Waals surface area contributed by atoms with Gasteiger partial charge in [0.05, 0.1) is 6.61 Å². The molecule has 0 spiro atoms. The number of ether oxygens (including phenoxy) is 1.